The van der Waals surface area contributed by atoms with Crippen molar-refractivity contribution in [2.24, 2.45) is 0 Å². The van der Waals surface area contributed by atoms with Crippen LogP contribution in [0.25, 0.3) is 38.4 Å². The summed E-state index contributed by atoms with van der Waals surface area (Å²) in [4.78, 5) is 0. The van der Waals surface area contributed by atoms with E-state index in [1.54, 1.807) is 0 Å². The molecule has 0 amide bonds. The normalized spacial score (nSPS) is 13.3. The molecule has 0 fully saturated rings. The van der Waals surface area contributed by atoms with Gasteiger partial charge in [0.1, 0.15) is 0 Å². The van der Waals surface area contributed by atoms with Gasteiger partial charge in [0.2, 0.25) is 0 Å². The van der Waals surface area contributed by atoms with Crippen molar-refractivity contribution in [2.45, 2.75) is 12.8 Å². The van der Waals surface area contributed by atoms with E-state index < -0.39 is 7.14 Å². The van der Waals surface area contributed by atoms with Crippen LogP contribution in [0.5, 0.6) is 0 Å². The second-order valence-electron chi connectivity index (χ2n) is 9.56. The standard InChI is InChI=1S/C34H25OP/c35-36(27-12-3-1-4-13-27,28-14-5-2-6-15-28)32-23-26-22-21-25-20-19-24-11-7-8-16-29(24)33(25)34(26)31-18-10-9-17-30(31)32/h1-6,8-10,12-23H,7,11H2. The highest BCUT2D eigenvalue weighted by Crippen LogP contribution is 2.47. The highest BCUT2D eigenvalue weighted by Gasteiger charge is 2.32. The zero-order chi connectivity index (χ0) is 24.1. The smallest absolute Gasteiger partial charge is 0.171 e. The Hall–Kier alpha value is -3.93. The second kappa shape index (κ2) is 8.33. The lowest BCUT2D eigenvalue weighted by molar-refractivity contribution is 0.592. The highest BCUT2D eigenvalue weighted by atomic mass is 31.2. The molecule has 0 saturated carbocycles. The Morgan fingerprint density at radius 2 is 1.19 bits per heavy atom. The van der Waals surface area contributed by atoms with Crippen molar-refractivity contribution >= 4 is 61.4 Å². The molecule has 0 aromatic heterocycles. The Labute approximate surface area is 211 Å². The lowest BCUT2D eigenvalue weighted by atomic mass is 9.88. The van der Waals surface area contributed by atoms with Crippen molar-refractivity contribution in [1.29, 1.82) is 0 Å². The molecular weight excluding hydrogens is 455 g/mol. The van der Waals surface area contributed by atoms with Crippen LogP contribution < -0.4 is 15.9 Å². The van der Waals surface area contributed by atoms with Crippen LogP contribution in [0, 0.1) is 0 Å². The van der Waals surface area contributed by atoms with Gasteiger partial charge in [-0.2, -0.15) is 0 Å². The van der Waals surface area contributed by atoms with Crippen LogP contribution in [0.15, 0.2) is 121 Å². The Morgan fingerprint density at radius 3 is 1.92 bits per heavy atom. The molecule has 1 nitrogen and oxygen atoms in total. The Kier molecular flexibility index (Phi) is 4.94. The first-order valence-electron chi connectivity index (χ1n) is 12.5. The maximum Gasteiger partial charge on any atom is 0.171 e. The zero-order valence-corrected chi connectivity index (χ0v) is 20.8. The monoisotopic (exact) mass is 480 g/mol. The summed E-state index contributed by atoms with van der Waals surface area (Å²) in [5.74, 6) is 0. The number of benzene rings is 6. The van der Waals surface area contributed by atoms with Crippen LogP contribution in [0.2, 0.25) is 0 Å². The van der Waals surface area contributed by atoms with Gasteiger partial charge in [0, 0.05) is 15.9 Å². The average Bonchev–Trinajstić information content (AvgIpc) is 2.96. The molecule has 172 valence electrons. The van der Waals surface area contributed by atoms with Crippen LogP contribution in [-0.4, -0.2) is 0 Å². The van der Waals surface area contributed by atoms with Crippen molar-refractivity contribution in [3.8, 4) is 0 Å². The summed E-state index contributed by atoms with van der Waals surface area (Å²) < 4.78 is 15.4. The summed E-state index contributed by atoms with van der Waals surface area (Å²) in [7, 11) is -3.12. The van der Waals surface area contributed by atoms with Gasteiger partial charge in [0.25, 0.3) is 0 Å². The minimum absolute atomic E-state index is 0.863. The van der Waals surface area contributed by atoms with Gasteiger partial charge < -0.3 is 4.57 Å². The van der Waals surface area contributed by atoms with E-state index in [2.05, 4.69) is 66.7 Å². The first-order valence-corrected chi connectivity index (χ1v) is 14.2. The van der Waals surface area contributed by atoms with E-state index in [1.165, 1.54) is 27.3 Å². The van der Waals surface area contributed by atoms with Crippen LogP contribution in [0.4, 0.5) is 0 Å². The summed E-state index contributed by atoms with van der Waals surface area (Å²) in [6.45, 7) is 0. The Morgan fingerprint density at radius 1 is 0.583 bits per heavy atom. The van der Waals surface area contributed by atoms with Gasteiger partial charge in [-0.05, 0) is 62.4 Å². The molecule has 7 rings (SSSR count). The van der Waals surface area contributed by atoms with Gasteiger partial charge in [-0.15, -0.1) is 0 Å². The van der Waals surface area contributed by atoms with Gasteiger partial charge in [0.05, 0.1) is 0 Å². The Bertz CT molecular complexity index is 1810. The fraction of sp³-hybridized carbons (Fsp3) is 0.0588. The molecule has 0 spiro atoms. The van der Waals surface area contributed by atoms with Crippen molar-refractivity contribution in [3.63, 3.8) is 0 Å². The predicted octanol–water partition coefficient (Wildman–Crippen LogP) is 7.75. The number of hydrogen-bond acceptors (Lipinski definition) is 1. The van der Waals surface area contributed by atoms with Crippen molar-refractivity contribution in [3.05, 3.63) is 132 Å². The van der Waals surface area contributed by atoms with Crippen LogP contribution in [-0.2, 0) is 11.0 Å². The molecule has 1 aliphatic carbocycles. The second-order valence-corrected chi connectivity index (χ2v) is 12.3. The number of fused-ring (bicyclic) bond motifs is 7. The van der Waals surface area contributed by atoms with Crippen molar-refractivity contribution < 1.29 is 4.57 Å². The molecule has 1 aliphatic rings. The van der Waals surface area contributed by atoms with E-state index in [9.17, 15) is 0 Å². The van der Waals surface area contributed by atoms with Crippen LogP contribution in [0.1, 0.15) is 17.5 Å². The fourth-order valence-electron chi connectivity index (χ4n) is 5.88. The van der Waals surface area contributed by atoms with E-state index in [0.717, 1.165) is 44.9 Å². The third-order valence-electron chi connectivity index (χ3n) is 7.56. The van der Waals surface area contributed by atoms with Crippen LogP contribution >= 0.6 is 7.14 Å². The average molecular weight is 481 g/mol. The van der Waals surface area contributed by atoms with Gasteiger partial charge >= 0.3 is 0 Å². The maximum atomic E-state index is 15.4. The Balaban J connectivity index is 1.66. The molecule has 2 heteroatoms. The van der Waals surface area contributed by atoms with Crippen molar-refractivity contribution in [2.75, 3.05) is 0 Å². The van der Waals surface area contributed by atoms with Gasteiger partial charge in [-0.1, -0.05) is 121 Å². The fourth-order valence-corrected chi connectivity index (χ4v) is 8.77. The quantitative estimate of drug-likeness (QED) is 0.187. The van der Waals surface area contributed by atoms with E-state index in [-0.39, 0.29) is 0 Å². The first-order chi connectivity index (χ1) is 17.7. The summed E-state index contributed by atoms with van der Waals surface area (Å²) in [5, 5.41) is 9.80. The highest BCUT2D eigenvalue weighted by molar-refractivity contribution is 7.85. The van der Waals surface area contributed by atoms with E-state index in [4.69, 9.17) is 0 Å². The minimum Gasteiger partial charge on any atom is -0.309 e. The lowest BCUT2D eigenvalue weighted by Gasteiger charge is -2.23. The SMILES string of the molecule is O=P(c1ccccc1)(c1ccccc1)c1cc2ccc3ccc4c(c3c2c2ccccc12)C=CCC4. The van der Waals surface area contributed by atoms with Gasteiger partial charge in [-0.3, -0.25) is 0 Å². The maximum absolute atomic E-state index is 15.4. The van der Waals surface area contributed by atoms with Crippen molar-refractivity contribution in [1.82, 2.24) is 0 Å². The molecule has 6 aromatic carbocycles. The first kappa shape index (κ1) is 21.4. The molecule has 0 bridgehead atoms. The van der Waals surface area contributed by atoms with Crippen LogP contribution in [0.3, 0.4) is 0 Å². The summed E-state index contributed by atoms with van der Waals surface area (Å²) >= 11 is 0. The summed E-state index contributed by atoms with van der Waals surface area (Å²) in [5.41, 5.74) is 2.74. The number of allylic oxidation sites excluding steroid dienone is 1. The third kappa shape index (κ3) is 3.13. The largest absolute Gasteiger partial charge is 0.309 e. The molecule has 0 N–H and O–H groups in total. The topological polar surface area (TPSA) is 17.1 Å². The van der Waals surface area contributed by atoms with E-state index >= 15 is 4.57 Å². The summed E-state index contributed by atoms with van der Waals surface area (Å²) in [6.07, 6.45) is 6.75. The zero-order valence-electron chi connectivity index (χ0n) is 19.9. The molecule has 0 saturated heterocycles. The van der Waals surface area contributed by atoms with E-state index in [1.807, 2.05) is 60.7 Å². The minimum atomic E-state index is -3.12. The van der Waals surface area contributed by atoms with Gasteiger partial charge in [0.15, 0.2) is 7.14 Å². The summed E-state index contributed by atoms with van der Waals surface area (Å²) in [6, 6.07) is 39.6. The molecule has 0 heterocycles. The third-order valence-corrected chi connectivity index (χ3v) is 10.7. The number of aryl methyl sites for hydroxylation is 1. The molecule has 0 unspecified atom stereocenters. The molecule has 6 aromatic rings. The molecule has 36 heavy (non-hydrogen) atoms. The molecule has 0 aliphatic heterocycles. The van der Waals surface area contributed by atoms with E-state index in [0.29, 0.717) is 0 Å². The molecule has 0 radical (unpaired) electrons. The van der Waals surface area contributed by atoms with Gasteiger partial charge in [-0.25, -0.2) is 0 Å². The number of hydrogen-bond donors (Lipinski definition) is 0. The number of rotatable bonds is 3. The predicted molar refractivity (Wildman–Crippen MR) is 156 cm³/mol. The molecular formula is C34H25OP. The molecule has 0 atom stereocenters. The lowest BCUT2D eigenvalue weighted by Crippen LogP contribution is -2.25.